The molecule has 3 nitrogen and oxygen atoms in total. The van der Waals surface area contributed by atoms with E-state index in [4.69, 9.17) is 28.9 Å². The summed E-state index contributed by atoms with van der Waals surface area (Å²) in [4.78, 5) is 12.4. The van der Waals surface area contributed by atoms with Crippen molar-refractivity contribution >= 4 is 34.8 Å². The van der Waals surface area contributed by atoms with Gasteiger partial charge in [0.2, 0.25) is 0 Å². The van der Waals surface area contributed by atoms with Crippen LogP contribution in [-0.2, 0) is 0 Å². The number of amides is 1. The highest BCUT2D eigenvalue weighted by Gasteiger charge is 2.24. The summed E-state index contributed by atoms with van der Waals surface area (Å²) in [5, 5.41) is 3.77. The summed E-state index contributed by atoms with van der Waals surface area (Å²) in [6.07, 6.45) is 7.16. The predicted molar refractivity (Wildman–Crippen MR) is 89.0 cm³/mol. The molecule has 1 unspecified atom stereocenters. The highest BCUT2D eigenvalue weighted by atomic mass is 35.5. The molecule has 0 radical (unpaired) electrons. The maximum Gasteiger partial charge on any atom is 0.251 e. The first kappa shape index (κ1) is 16.4. The van der Waals surface area contributed by atoms with Crippen molar-refractivity contribution in [1.29, 1.82) is 0 Å². The fraction of sp³-hybridized carbons (Fsp3) is 0.562. The van der Waals surface area contributed by atoms with Gasteiger partial charge in [-0.15, -0.1) is 0 Å². The first-order valence-electron chi connectivity index (χ1n) is 7.58. The Labute approximate surface area is 136 Å². The van der Waals surface area contributed by atoms with E-state index in [-0.39, 0.29) is 11.9 Å². The molecule has 1 aliphatic rings. The number of carbonyl (C=O) groups excluding carboxylic acids is 1. The number of rotatable bonds is 4. The third-order valence-corrected chi connectivity index (χ3v) is 4.94. The lowest BCUT2D eigenvalue weighted by atomic mass is 9.83. The van der Waals surface area contributed by atoms with E-state index in [1.54, 1.807) is 12.1 Å². The van der Waals surface area contributed by atoms with Crippen LogP contribution in [0.3, 0.4) is 0 Å². The second kappa shape index (κ2) is 7.37. The summed E-state index contributed by atoms with van der Waals surface area (Å²) in [6, 6.07) is 3.37. The number of nitrogens with one attached hydrogen (secondary N) is 1. The van der Waals surface area contributed by atoms with Crippen LogP contribution in [0.5, 0.6) is 0 Å². The summed E-state index contributed by atoms with van der Waals surface area (Å²) in [5.41, 5.74) is 6.48. The quantitative estimate of drug-likeness (QED) is 0.789. The molecule has 116 valence electrons. The van der Waals surface area contributed by atoms with Gasteiger partial charge in [0.1, 0.15) is 0 Å². The maximum absolute atomic E-state index is 12.4. The van der Waals surface area contributed by atoms with Crippen LogP contribution in [0.25, 0.3) is 0 Å². The number of halogens is 2. The van der Waals surface area contributed by atoms with Crippen LogP contribution in [0.2, 0.25) is 10.0 Å². The summed E-state index contributed by atoms with van der Waals surface area (Å²) in [7, 11) is 0. The minimum Gasteiger partial charge on any atom is -0.396 e. The third-order valence-electron chi connectivity index (χ3n) is 4.32. The molecule has 1 saturated carbocycles. The molecule has 21 heavy (non-hydrogen) atoms. The Hall–Kier alpha value is -0.930. The topological polar surface area (TPSA) is 55.1 Å². The molecule has 1 atom stereocenters. The van der Waals surface area contributed by atoms with Gasteiger partial charge in [-0.1, -0.05) is 49.4 Å². The maximum atomic E-state index is 12.4. The standard InChI is InChI=1S/C16H22Cl2N2O/c1-2-14(10-6-4-3-5-7-10)20-16(21)11-8-12(17)15(19)13(18)9-11/h8-10,14H,2-7,19H2,1H3,(H,20,21). The molecule has 0 saturated heterocycles. The number of hydrogen-bond donors (Lipinski definition) is 2. The largest absolute Gasteiger partial charge is 0.396 e. The molecule has 1 aromatic carbocycles. The Morgan fingerprint density at radius 2 is 1.86 bits per heavy atom. The molecular formula is C16H22Cl2N2O. The van der Waals surface area contributed by atoms with Gasteiger partial charge in [-0.3, -0.25) is 4.79 Å². The zero-order valence-electron chi connectivity index (χ0n) is 12.3. The molecule has 1 aromatic rings. The first-order valence-corrected chi connectivity index (χ1v) is 8.34. The van der Waals surface area contributed by atoms with Gasteiger partial charge in [0.05, 0.1) is 15.7 Å². The zero-order valence-corrected chi connectivity index (χ0v) is 13.8. The van der Waals surface area contributed by atoms with Crippen molar-refractivity contribution in [2.24, 2.45) is 5.92 Å². The highest BCUT2D eigenvalue weighted by molar-refractivity contribution is 6.39. The number of carbonyl (C=O) groups is 1. The van der Waals surface area contributed by atoms with Crippen molar-refractivity contribution in [1.82, 2.24) is 5.32 Å². The van der Waals surface area contributed by atoms with Crippen molar-refractivity contribution in [3.63, 3.8) is 0 Å². The van der Waals surface area contributed by atoms with Crippen molar-refractivity contribution in [2.75, 3.05) is 5.73 Å². The fourth-order valence-electron chi connectivity index (χ4n) is 3.06. The van der Waals surface area contributed by atoms with E-state index in [1.165, 1.54) is 32.1 Å². The summed E-state index contributed by atoms with van der Waals surface area (Å²) in [5.74, 6) is 0.448. The van der Waals surface area contributed by atoms with Gasteiger partial charge in [0.15, 0.2) is 0 Å². The van der Waals surface area contributed by atoms with E-state index in [9.17, 15) is 4.79 Å². The number of nitrogen functional groups attached to an aromatic ring is 1. The van der Waals surface area contributed by atoms with Gasteiger partial charge >= 0.3 is 0 Å². The Morgan fingerprint density at radius 1 is 1.29 bits per heavy atom. The molecule has 1 aliphatic carbocycles. The van der Waals surface area contributed by atoms with Crippen LogP contribution in [-0.4, -0.2) is 11.9 Å². The number of hydrogen-bond acceptors (Lipinski definition) is 2. The first-order chi connectivity index (χ1) is 10.0. The molecule has 1 amide bonds. The van der Waals surface area contributed by atoms with Gasteiger partial charge in [-0.2, -0.15) is 0 Å². The normalized spacial score (nSPS) is 17.5. The molecule has 0 aromatic heterocycles. The van der Waals surface area contributed by atoms with E-state index in [2.05, 4.69) is 12.2 Å². The molecule has 5 heteroatoms. The van der Waals surface area contributed by atoms with E-state index in [0.717, 1.165) is 6.42 Å². The van der Waals surface area contributed by atoms with E-state index in [0.29, 0.717) is 27.2 Å². The summed E-state index contributed by atoms with van der Waals surface area (Å²) >= 11 is 12.0. The molecule has 0 heterocycles. The lowest BCUT2D eigenvalue weighted by Gasteiger charge is -2.30. The van der Waals surface area contributed by atoms with Gasteiger partial charge < -0.3 is 11.1 Å². The molecule has 0 bridgehead atoms. The van der Waals surface area contributed by atoms with Crippen LogP contribution < -0.4 is 11.1 Å². The van der Waals surface area contributed by atoms with Gasteiger partial charge in [0.25, 0.3) is 5.91 Å². The number of anilines is 1. The van der Waals surface area contributed by atoms with Crippen LogP contribution in [0.1, 0.15) is 55.8 Å². The van der Waals surface area contributed by atoms with Crippen molar-refractivity contribution in [3.8, 4) is 0 Å². The molecule has 0 spiro atoms. The van der Waals surface area contributed by atoms with Gasteiger partial charge in [0, 0.05) is 11.6 Å². The average Bonchev–Trinajstić information content (AvgIpc) is 2.50. The van der Waals surface area contributed by atoms with Crippen LogP contribution in [0.4, 0.5) is 5.69 Å². The van der Waals surface area contributed by atoms with Gasteiger partial charge in [-0.05, 0) is 37.3 Å². The molecule has 2 rings (SSSR count). The smallest absolute Gasteiger partial charge is 0.251 e. The molecule has 1 fully saturated rings. The van der Waals surface area contributed by atoms with Crippen molar-refractivity contribution in [3.05, 3.63) is 27.7 Å². The van der Waals surface area contributed by atoms with E-state index < -0.39 is 0 Å². The Bertz CT molecular complexity index is 490. The Balaban J connectivity index is 2.08. The monoisotopic (exact) mass is 328 g/mol. The average molecular weight is 329 g/mol. The Kier molecular flexibility index (Phi) is 5.77. The van der Waals surface area contributed by atoms with Crippen molar-refractivity contribution < 1.29 is 4.79 Å². The van der Waals surface area contributed by atoms with E-state index >= 15 is 0 Å². The second-order valence-electron chi connectivity index (χ2n) is 5.74. The Morgan fingerprint density at radius 3 is 2.38 bits per heavy atom. The minimum atomic E-state index is -0.128. The highest BCUT2D eigenvalue weighted by Crippen LogP contribution is 2.30. The minimum absolute atomic E-state index is 0.128. The second-order valence-corrected chi connectivity index (χ2v) is 6.55. The zero-order chi connectivity index (χ0) is 15.4. The number of benzene rings is 1. The van der Waals surface area contributed by atoms with Crippen LogP contribution >= 0.6 is 23.2 Å². The summed E-state index contributed by atoms with van der Waals surface area (Å²) < 4.78 is 0. The van der Waals surface area contributed by atoms with Crippen LogP contribution in [0.15, 0.2) is 12.1 Å². The van der Waals surface area contributed by atoms with Crippen molar-refractivity contribution in [2.45, 2.75) is 51.5 Å². The third kappa shape index (κ3) is 4.04. The van der Waals surface area contributed by atoms with E-state index in [1.807, 2.05) is 0 Å². The number of nitrogens with two attached hydrogens (primary N) is 1. The fourth-order valence-corrected chi connectivity index (χ4v) is 3.54. The molecule has 0 aliphatic heterocycles. The SMILES string of the molecule is CCC(NC(=O)c1cc(Cl)c(N)c(Cl)c1)C1CCCCC1. The molecule has 3 N–H and O–H groups in total. The predicted octanol–water partition coefficient (Wildman–Crippen LogP) is 4.66. The van der Waals surface area contributed by atoms with Crippen LogP contribution in [0, 0.1) is 5.92 Å². The summed E-state index contributed by atoms with van der Waals surface area (Å²) in [6.45, 7) is 2.11. The lowest BCUT2D eigenvalue weighted by Crippen LogP contribution is -2.40. The molecular weight excluding hydrogens is 307 g/mol. The lowest BCUT2D eigenvalue weighted by molar-refractivity contribution is 0.0911. The van der Waals surface area contributed by atoms with Gasteiger partial charge in [-0.25, -0.2) is 0 Å².